The van der Waals surface area contributed by atoms with Crippen LogP contribution in [0.1, 0.15) is 15.4 Å². The predicted molar refractivity (Wildman–Crippen MR) is 80.9 cm³/mol. The van der Waals surface area contributed by atoms with Crippen LogP contribution >= 0.6 is 34.0 Å². The van der Waals surface area contributed by atoms with E-state index in [9.17, 15) is 4.79 Å². The van der Waals surface area contributed by atoms with Crippen molar-refractivity contribution in [2.75, 3.05) is 0 Å². The van der Waals surface area contributed by atoms with Gasteiger partial charge in [-0.1, -0.05) is 6.07 Å². The lowest BCUT2D eigenvalue weighted by molar-refractivity contribution is 0.0947. The van der Waals surface area contributed by atoms with Gasteiger partial charge >= 0.3 is 0 Å². The van der Waals surface area contributed by atoms with Crippen LogP contribution in [-0.4, -0.2) is 10.9 Å². The standard InChI is InChI=1S/C13H10N2OS3/c16-12(14-6-10-2-1-4-18-10)11-8-19-13(15-11)9-3-5-17-7-9/h1-5,7-8H,6H2,(H,14,16). The van der Waals surface area contributed by atoms with Crippen LogP contribution in [0.3, 0.4) is 0 Å². The average Bonchev–Trinajstić information content (AvgIpc) is 3.14. The molecule has 0 unspecified atom stereocenters. The highest BCUT2D eigenvalue weighted by atomic mass is 32.1. The molecule has 3 heterocycles. The minimum absolute atomic E-state index is 0.119. The highest BCUT2D eigenvalue weighted by Gasteiger charge is 2.11. The van der Waals surface area contributed by atoms with Crippen LogP contribution in [-0.2, 0) is 6.54 Å². The lowest BCUT2D eigenvalue weighted by atomic mass is 10.3. The predicted octanol–water partition coefficient (Wildman–Crippen LogP) is 3.86. The molecule has 0 aliphatic rings. The number of thiophene rings is 2. The molecule has 0 aliphatic heterocycles. The number of aromatic nitrogens is 1. The van der Waals surface area contributed by atoms with Crippen molar-refractivity contribution < 1.29 is 4.79 Å². The molecule has 0 radical (unpaired) electrons. The fourth-order valence-corrected chi connectivity index (χ4v) is 3.72. The number of thiazole rings is 1. The van der Waals surface area contributed by atoms with Crippen LogP contribution in [0, 0.1) is 0 Å². The van der Waals surface area contributed by atoms with Crippen LogP contribution in [0.4, 0.5) is 0 Å². The molecule has 0 bridgehead atoms. The van der Waals surface area contributed by atoms with Crippen molar-refractivity contribution in [3.63, 3.8) is 0 Å². The topological polar surface area (TPSA) is 42.0 Å². The van der Waals surface area contributed by atoms with Gasteiger partial charge in [0.05, 0.1) is 6.54 Å². The fourth-order valence-electron chi connectivity index (χ4n) is 1.57. The van der Waals surface area contributed by atoms with Gasteiger partial charge in [-0.3, -0.25) is 4.79 Å². The number of nitrogens with one attached hydrogen (secondary N) is 1. The van der Waals surface area contributed by atoms with E-state index < -0.39 is 0 Å². The highest BCUT2D eigenvalue weighted by molar-refractivity contribution is 7.14. The number of hydrogen-bond acceptors (Lipinski definition) is 5. The molecule has 1 amide bonds. The Hall–Kier alpha value is -1.50. The van der Waals surface area contributed by atoms with E-state index in [1.807, 2.05) is 34.3 Å². The van der Waals surface area contributed by atoms with Gasteiger partial charge in [0.25, 0.3) is 5.91 Å². The van der Waals surface area contributed by atoms with Gasteiger partial charge in [0, 0.05) is 21.2 Å². The van der Waals surface area contributed by atoms with E-state index in [1.54, 1.807) is 28.1 Å². The zero-order valence-electron chi connectivity index (χ0n) is 9.83. The maximum Gasteiger partial charge on any atom is 0.271 e. The summed E-state index contributed by atoms with van der Waals surface area (Å²) in [6.45, 7) is 0.557. The molecule has 3 nitrogen and oxygen atoms in total. The quantitative estimate of drug-likeness (QED) is 0.795. The second kappa shape index (κ2) is 5.64. The van der Waals surface area contributed by atoms with E-state index in [4.69, 9.17) is 0 Å². The number of nitrogens with zero attached hydrogens (tertiary/aromatic N) is 1. The third-order valence-electron chi connectivity index (χ3n) is 2.51. The third-order valence-corrected chi connectivity index (χ3v) is 4.96. The van der Waals surface area contributed by atoms with E-state index in [0.717, 1.165) is 15.4 Å². The number of amides is 1. The summed E-state index contributed by atoms with van der Waals surface area (Å²) in [5.41, 5.74) is 1.56. The summed E-state index contributed by atoms with van der Waals surface area (Å²) in [5.74, 6) is -0.119. The molecule has 6 heteroatoms. The first-order valence-electron chi connectivity index (χ1n) is 5.61. The minimum Gasteiger partial charge on any atom is -0.346 e. The van der Waals surface area contributed by atoms with Crippen LogP contribution in [0.5, 0.6) is 0 Å². The van der Waals surface area contributed by atoms with Gasteiger partial charge in [-0.05, 0) is 22.9 Å². The van der Waals surface area contributed by atoms with E-state index in [-0.39, 0.29) is 5.91 Å². The number of rotatable bonds is 4. The number of hydrogen-bond donors (Lipinski definition) is 1. The molecule has 0 saturated heterocycles. The number of carbonyl (C=O) groups excluding carboxylic acids is 1. The van der Waals surface area contributed by atoms with Gasteiger partial charge in [-0.15, -0.1) is 22.7 Å². The molecular weight excluding hydrogens is 296 g/mol. The Balaban J connectivity index is 1.67. The van der Waals surface area contributed by atoms with E-state index in [1.165, 1.54) is 11.3 Å². The Bertz CT molecular complexity index is 656. The summed E-state index contributed by atoms with van der Waals surface area (Å²) >= 11 is 4.76. The molecule has 3 aromatic heterocycles. The number of carbonyl (C=O) groups is 1. The molecule has 0 atom stereocenters. The maximum atomic E-state index is 12.0. The van der Waals surface area contributed by atoms with Gasteiger partial charge in [0.1, 0.15) is 10.7 Å². The molecule has 1 N–H and O–H groups in total. The zero-order valence-corrected chi connectivity index (χ0v) is 12.3. The Labute approximate surface area is 122 Å². The molecular formula is C13H10N2OS3. The van der Waals surface area contributed by atoms with Gasteiger partial charge in [0.2, 0.25) is 0 Å². The Morgan fingerprint density at radius 1 is 1.21 bits per heavy atom. The van der Waals surface area contributed by atoms with Crippen molar-refractivity contribution in [1.82, 2.24) is 10.3 Å². The summed E-state index contributed by atoms with van der Waals surface area (Å²) in [6.07, 6.45) is 0. The first kappa shape index (κ1) is 12.5. The summed E-state index contributed by atoms with van der Waals surface area (Å²) in [7, 11) is 0. The van der Waals surface area contributed by atoms with Crippen LogP contribution in [0.25, 0.3) is 10.6 Å². The monoisotopic (exact) mass is 306 g/mol. The molecule has 0 saturated carbocycles. The normalized spacial score (nSPS) is 10.5. The van der Waals surface area contributed by atoms with Gasteiger partial charge in [0.15, 0.2) is 0 Å². The maximum absolute atomic E-state index is 12.0. The average molecular weight is 306 g/mol. The van der Waals surface area contributed by atoms with Gasteiger partial charge in [-0.25, -0.2) is 4.98 Å². The van der Waals surface area contributed by atoms with Crippen molar-refractivity contribution in [2.24, 2.45) is 0 Å². The van der Waals surface area contributed by atoms with Gasteiger partial charge in [-0.2, -0.15) is 11.3 Å². The van der Waals surface area contributed by atoms with Crippen LogP contribution in [0.15, 0.2) is 39.7 Å². The van der Waals surface area contributed by atoms with Crippen LogP contribution < -0.4 is 5.32 Å². The summed E-state index contributed by atoms with van der Waals surface area (Å²) in [4.78, 5) is 17.5. The zero-order chi connectivity index (χ0) is 13.1. The molecule has 0 fully saturated rings. The first-order chi connectivity index (χ1) is 9.33. The van der Waals surface area contributed by atoms with E-state index in [2.05, 4.69) is 10.3 Å². The van der Waals surface area contributed by atoms with Gasteiger partial charge < -0.3 is 5.32 Å². The van der Waals surface area contributed by atoms with E-state index in [0.29, 0.717) is 12.2 Å². The van der Waals surface area contributed by atoms with Crippen molar-refractivity contribution in [3.8, 4) is 10.6 Å². The molecule has 3 rings (SSSR count). The Kier molecular flexibility index (Phi) is 3.72. The van der Waals surface area contributed by atoms with Crippen molar-refractivity contribution >= 4 is 39.9 Å². The van der Waals surface area contributed by atoms with Crippen molar-refractivity contribution in [3.05, 3.63) is 50.3 Å². The molecule has 3 aromatic rings. The first-order valence-corrected chi connectivity index (χ1v) is 8.32. The highest BCUT2D eigenvalue weighted by Crippen LogP contribution is 2.25. The molecule has 0 aliphatic carbocycles. The summed E-state index contributed by atoms with van der Waals surface area (Å²) < 4.78 is 0. The third kappa shape index (κ3) is 2.91. The second-order valence-corrected chi connectivity index (χ2v) is 6.48. The Morgan fingerprint density at radius 3 is 2.89 bits per heavy atom. The second-order valence-electron chi connectivity index (χ2n) is 3.81. The largest absolute Gasteiger partial charge is 0.346 e. The van der Waals surface area contributed by atoms with E-state index >= 15 is 0 Å². The summed E-state index contributed by atoms with van der Waals surface area (Å²) in [5, 5.41) is 11.6. The minimum atomic E-state index is -0.119. The molecule has 0 aromatic carbocycles. The van der Waals surface area contributed by atoms with Crippen LogP contribution in [0.2, 0.25) is 0 Å². The lowest BCUT2D eigenvalue weighted by Gasteiger charge is -2.00. The Morgan fingerprint density at radius 2 is 2.16 bits per heavy atom. The van der Waals surface area contributed by atoms with Crippen molar-refractivity contribution in [1.29, 1.82) is 0 Å². The van der Waals surface area contributed by atoms with Crippen molar-refractivity contribution in [2.45, 2.75) is 6.54 Å². The molecule has 0 spiro atoms. The molecule has 96 valence electrons. The lowest BCUT2D eigenvalue weighted by Crippen LogP contribution is -2.22. The molecule has 19 heavy (non-hydrogen) atoms. The SMILES string of the molecule is O=C(NCc1cccs1)c1csc(-c2ccsc2)n1. The fraction of sp³-hybridized carbons (Fsp3) is 0.0769. The smallest absolute Gasteiger partial charge is 0.271 e. The summed E-state index contributed by atoms with van der Waals surface area (Å²) in [6, 6.07) is 5.99.